The molecule has 3 rings (SSSR count). The van der Waals surface area contributed by atoms with Crippen LogP contribution in [0.25, 0.3) is 0 Å². The van der Waals surface area contributed by atoms with Gasteiger partial charge in [0.05, 0.1) is 24.5 Å². The molecular weight excluding hydrogens is 293 g/mol. The predicted octanol–water partition coefficient (Wildman–Crippen LogP) is 1.04. The second-order valence-corrected chi connectivity index (χ2v) is 4.76. The second-order valence-electron chi connectivity index (χ2n) is 4.76. The van der Waals surface area contributed by atoms with E-state index in [4.69, 9.17) is 14.7 Å². The molecule has 0 aliphatic carbocycles. The number of aromatic nitrogens is 2. The summed E-state index contributed by atoms with van der Waals surface area (Å²) in [6, 6.07) is 6.25. The molecule has 22 heavy (non-hydrogen) atoms. The summed E-state index contributed by atoms with van der Waals surface area (Å²) in [5.74, 6) is -1.93. The second kappa shape index (κ2) is 5.66. The van der Waals surface area contributed by atoms with Gasteiger partial charge in [0.25, 0.3) is 11.8 Å². The summed E-state index contributed by atoms with van der Waals surface area (Å²) in [5, 5.41) is 8.52. The first-order valence-corrected chi connectivity index (χ1v) is 6.43. The minimum Gasteiger partial charge on any atom is -0.457 e. The Morgan fingerprint density at radius 1 is 1.41 bits per heavy atom. The molecule has 1 aliphatic heterocycles. The van der Waals surface area contributed by atoms with Crippen molar-refractivity contribution in [3.05, 3.63) is 53.7 Å². The molecule has 114 valence electrons. The quantitative estimate of drug-likeness (QED) is 0.647. The smallest absolute Gasteiger partial charge is 0.276 e. The van der Waals surface area contributed by atoms with Crippen LogP contribution in [0.2, 0.25) is 0 Å². The maximum atomic E-state index is 14.0. The van der Waals surface area contributed by atoms with Gasteiger partial charge in [-0.15, -0.1) is 0 Å². The molecule has 3 heterocycles. The number of hydroxylamine groups is 1. The van der Waals surface area contributed by atoms with Gasteiger partial charge in [-0.25, -0.2) is 14.9 Å². The van der Waals surface area contributed by atoms with Crippen molar-refractivity contribution in [3.63, 3.8) is 0 Å². The Labute approximate surface area is 124 Å². The Bertz CT molecular complexity index is 692. The molecule has 8 heteroatoms. The number of carbonyl (C=O) groups is 1. The van der Waals surface area contributed by atoms with E-state index in [9.17, 15) is 9.18 Å². The number of halogens is 1. The largest absolute Gasteiger partial charge is 0.457 e. The Kier molecular flexibility index (Phi) is 3.70. The lowest BCUT2D eigenvalue weighted by atomic mass is 9.96. The molecule has 1 amide bonds. The molecule has 1 fully saturated rings. The highest BCUT2D eigenvalue weighted by Crippen LogP contribution is 2.34. The Morgan fingerprint density at radius 3 is 2.77 bits per heavy atom. The van der Waals surface area contributed by atoms with Gasteiger partial charge >= 0.3 is 0 Å². The summed E-state index contributed by atoms with van der Waals surface area (Å²) in [6.07, 6.45) is 2.72. The first-order valence-electron chi connectivity index (χ1n) is 6.43. The van der Waals surface area contributed by atoms with E-state index in [2.05, 4.69) is 9.97 Å². The molecule has 1 aliphatic rings. The van der Waals surface area contributed by atoms with Gasteiger partial charge in [0.15, 0.2) is 11.4 Å². The normalized spacial score (nSPS) is 15.7. The summed E-state index contributed by atoms with van der Waals surface area (Å²) in [4.78, 5) is 19.2. The van der Waals surface area contributed by atoms with Crippen LogP contribution in [0.4, 0.5) is 4.39 Å². The van der Waals surface area contributed by atoms with E-state index < -0.39 is 17.3 Å². The zero-order chi connectivity index (χ0) is 15.6. The lowest BCUT2D eigenvalue weighted by molar-refractivity contribution is -0.172. The van der Waals surface area contributed by atoms with Gasteiger partial charge < -0.3 is 9.47 Å². The standard InChI is InChI=1S/C14H12FN3O4/c15-10-5-9(12(19)18-20)6-17-13(10)22-14(7-21-8-14)11-3-1-2-4-16-11/h1-6,20H,7-8H2,(H,18,19). The van der Waals surface area contributed by atoms with Crippen molar-refractivity contribution in [2.75, 3.05) is 13.2 Å². The zero-order valence-electron chi connectivity index (χ0n) is 11.3. The third kappa shape index (κ3) is 2.49. The molecular formula is C14H12FN3O4. The molecule has 1 saturated heterocycles. The van der Waals surface area contributed by atoms with Crippen LogP contribution in [0, 0.1) is 5.82 Å². The number of amides is 1. The van der Waals surface area contributed by atoms with Crippen LogP contribution in [0.3, 0.4) is 0 Å². The highest BCUT2D eigenvalue weighted by molar-refractivity contribution is 5.93. The molecule has 0 radical (unpaired) electrons. The maximum absolute atomic E-state index is 14.0. The summed E-state index contributed by atoms with van der Waals surface area (Å²) < 4.78 is 24.9. The molecule has 2 aromatic heterocycles. The Morgan fingerprint density at radius 2 is 2.23 bits per heavy atom. The van der Waals surface area contributed by atoms with Crippen LogP contribution in [0.5, 0.6) is 5.88 Å². The molecule has 2 N–H and O–H groups in total. The van der Waals surface area contributed by atoms with Gasteiger partial charge in [-0.05, 0) is 18.2 Å². The van der Waals surface area contributed by atoms with Gasteiger partial charge in [-0.2, -0.15) is 0 Å². The average Bonchev–Trinajstić information content (AvgIpc) is 2.52. The van der Waals surface area contributed by atoms with Crippen molar-refractivity contribution >= 4 is 5.91 Å². The highest BCUT2D eigenvalue weighted by atomic mass is 19.1. The van der Waals surface area contributed by atoms with Gasteiger partial charge in [-0.1, -0.05) is 6.07 Å². The van der Waals surface area contributed by atoms with Crippen molar-refractivity contribution in [3.8, 4) is 5.88 Å². The third-order valence-corrected chi connectivity index (χ3v) is 3.27. The fourth-order valence-electron chi connectivity index (χ4n) is 2.05. The third-order valence-electron chi connectivity index (χ3n) is 3.27. The lowest BCUT2D eigenvalue weighted by Gasteiger charge is -2.40. The number of nitrogens with zero attached hydrogens (tertiary/aromatic N) is 2. The molecule has 7 nitrogen and oxygen atoms in total. The van der Waals surface area contributed by atoms with E-state index in [1.54, 1.807) is 24.4 Å². The van der Waals surface area contributed by atoms with E-state index >= 15 is 0 Å². The maximum Gasteiger partial charge on any atom is 0.276 e. The van der Waals surface area contributed by atoms with E-state index in [0.717, 1.165) is 12.3 Å². The van der Waals surface area contributed by atoms with Gasteiger partial charge in [0, 0.05) is 12.4 Å². The molecule has 0 unspecified atom stereocenters. The number of carbonyl (C=O) groups excluding carboxylic acids is 1. The first-order chi connectivity index (χ1) is 10.6. The van der Waals surface area contributed by atoms with Crippen molar-refractivity contribution in [1.29, 1.82) is 0 Å². The van der Waals surface area contributed by atoms with Crippen LogP contribution in [0.15, 0.2) is 36.7 Å². The Hall–Kier alpha value is -2.58. The van der Waals surface area contributed by atoms with Gasteiger partial charge in [0.2, 0.25) is 0 Å². The monoisotopic (exact) mass is 305 g/mol. The highest BCUT2D eigenvalue weighted by Gasteiger charge is 2.45. The number of nitrogens with one attached hydrogen (secondary N) is 1. The minimum absolute atomic E-state index is 0.121. The molecule has 0 aromatic carbocycles. The fraction of sp³-hybridized carbons (Fsp3) is 0.214. The van der Waals surface area contributed by atoms with E-state index in [1.165, 1.54) is 5.48 Å². The number of hydrogen-bond donors (Lipinski definition) is 2. The van der Waals surface area contributed by atoms with Gasteiger partial charge in [-0.3, -0.25) is 15.0 Å². The molecule has 0 atom stereocenters. The van der Waals surface area contributed by atoms with E-state index in [1.807, 2.05) is 0 Å². The average molecular weight is 305 g/mol. The van der Waals surface area contributed by atoms with Crippen LogP contribution in [-0.2, 0) is 10.3 Å². The number of pyridine rings is 2. The molecule has 0 bridgehead atoms. The first kappa shape index (κ1) is 14.4. The van der Waals surface area contributed by atoms with Crippen LogP contribution < -0.4 is 10.2 Å². The van der Waals surface area contributed by atoms with E-state index in [0.29, 0.717) is 5.69 Å². The van der Waals surface area contributed by atoms with Crippen molar-refractivity contribution in [2.24, 2.45) is 0 Å². The van der Waals surface area contributed by atoms with Crippen molar-refractivity contribution in [1.82, 2.24) is 15.4 Å². The Balaban J connectivity index is 1.87. The summed E-state index contributed by atoms with van der Waals surface area (Å²) in [5.41, 5.74) is 1.00. The predicted molar refractivity (Wildman–Crippen MR) is 70.8 cm³/mol. The lowest BCUT2D eigenvalue weighted by Crippen LogP contribution is -2.52. The van der Waals surface area contributed by atoms with Crippen LogP contribution >= 0.6 is 0 Å². The topological polar surface area (TPSA) is 93.6 Å². The summed E-state index contributed by atoms with van der Waals surface area (Å²) in [6.45, 7) is 0.452. The minimum atomic E-state index is -0.893. The van der Waals surface area contributed by atoms with Gasteiger partial charge in [0.1, 0.15) is 0 Å². The number of hydrogen-bond acceptors (Lipinski definition) is 6. The molecule has 2 aromatic rings. The zero-order valence-corrected chi connectivity index (χ0v) is 11.3. The fourth-order valence-corrected chi connectivity index (χ4v) is 2.05. The van der Waals surface area contributed by atoms with Crippen molar-refractivity contribution < 1.29 is 23.9 Å². The molecule has 0 saturated carbocycles. The van der Waals surface area contributed by atoms with E-state index in [-0.39, 0.29) is 24.7 Å². The molecule has 0 spiro atoms. The number of ether oxygens (including phenoxy) is 2. The van der Waals surface area contributed by atoms with Crippen LogP contribution in [0.1, 0.15) is 16.1 Å². The SMILES string of the molecule is O=C(NO)c1cnc(OC2(c3ccccn3)COC2)c(F)c1. The summed E-state index contributed by atoms with van der Waals surface area (Å²) in [7, 11) is 0. The van der Waals surface area contributed by atoms with Crippen LogP contribution in [-0.4, -0.2) is 34.3 Å². The number of rotatable bonds is 4. The van der Waals surface area contributed by atoms with Crippen molar-refractivity contribution in [2.45, 2.75) is 5.60 Å². The summed E-state index contributed by atoms with van der Waals surface area (Å²) >= 11 is 0.